The third kappa shape index (κ3) is 6.48. The Hall–Kier alpha value is 0.750. The monoisotopic (exact) mass is 331 g/mol. The summed E-state index contributed by atoms with van der Waals surface area (Å²) in [7, 11) is 8.70. The van der Waals surface area contributed by atoms with E-state index in [2.05, 4.69) is 64.1 Å². The molecule has 0 aliphatic heterocycles. The van der Waals surface area contributed by atoms with Gasteiger partial charge in [-0.15, -0.1) is 0 Å². The van der Waals surface area contributed by atoms with Gasteiger partial charge in [-0.2, -0.15) is 0 Å². The van der Waals surface area contributed by atoms with Crippen molar-refractivity contribution < 1.29 is 0 Å². The minimum absolute atomic E-state index is 0.661. The van der Waals surface area contributed by atoms with E-state index in [4.69, 9.17) is 0 Å². The van der Waals surface area contributed by atoms with Crippen molar-refractivity contribution in [2.24, 2.45) is 0 Å². The second-order valence-electron chi connectivity index (χ2n) is 5.67. The first-order chi connectivity index (χ1) is 7.25. The summed E-state index contributed by atoms with van der Waals surface area (Å²) >= 11 is -1.37. The summed E-state index contributed by atoms with van der Waals surface area (Å²) in [6.07, 6.45) is 0. The van der Waals surface area contributed by atoms with Crippen molar-refractivity contribution in [2.45, 2.75) is 35.3 Å². The molecule has 0 radical (unpaired) electrons. The zero-order valence-corrected chi connectivity index (χ0v) is 15.8. The fourth-order valence-corrected chi connectivity index (χ4v) is 5.65. The Morgan fingerprint density at radius 1 is 0.812 bits per heavy atom. The van der Waals surface area contributed by atoms with Crippen molar-refractivity contribution >= 4 is 21.7 Å². The maximum atomic E-state index is 2.77. The topological polar surface area (TPSA) is 9.72 Å². The number of likely N-dealkylation sites (N-methyl/N-ethyl adjacent to an activating group) is 2. The SMILES string of the molecule is CC(C[N](CC(C)N(C)C)[In]([CH3])[CH3])N(C)C. The Bertz CT molecular complexity index is 167. The van der Waals surface area contributed by atoms with Crippen LogP contribution in [0.2, 0.25) is 9.36 Å². The van der Waals surface area contributed by atoms with E-state index in [9.17, 15) is 0 Å². The van der Waals surface area contributed by atoms with Crippen molar-refractivity contribution in [3.8, 4) is 0 Å². The molecule has 0 bridgehead atoms. The zero-order chi connectivity index (χ0) is 12.9. The molecule has 0 rings (SSSR count). The van der Waals surface area contributed by atoms with E-state index >= 15 is 0 Å². The Morgan fingerprint density at radius 3 is 1.31 bits per heavy atom. The van der Waals surface area contributed by atoms with Gasteiger partial charge in [-0.05, 0) is 0 Å². The molecule has 16 heavy (non-hydrogen) atoms. The average molecular weight is 331 g/mol. The van der Waals surface area contributed by atoms with Crippen molar-refractivity contribution in [3.63, 3.8) is 0 Å². The predicted molar refractivity (Wildman–Crippen MR) is 75.4 cm³/mol. The first-order valence-corrected chi connectivity index (χ1v) is 14.4. The Kier molecular flexibility index (Phi) is 8.33. The van der Waals surface area contributed by atoms with Crippen LogP contribution in [0, 0.1) is 0 Å². The van der Waals surface area contributed by atoms with E-state index in [-0.39, 0.29) is 0 Å². The normalized spacial score (nSPS) is 15.9. The Morgan fingerprint density at radius 2 is 1.12 bits per heavy atom. The van der Waals surface area contributed by atoms with Gasteiger partial charge >= 0.3 is 111 Å². The fraction of sp³-hybridized carbons (Fsp3) is 1.00. The van der Waals surface area contributed by atoms with Crippen LogP contribution in [0.4, 0.5) is 0 Å². The molecule has 0 aliphatic rings. The van der Waals surface area contributed by atoms with Crippen LogP contribution in [0.5, 0.6) is 0 Å². The first-order valence-electron chi connectivity index (χ1n) is 6.32. The van der Waals surface area contributed by atoms with Crippen LogP contribution >= 0.6 is 0 Å². The summed E-state index contributed by atoms with van der Waals surface area (Å²) in [5.41, 5.74) is 0. The molecule has 0 fully saturated rings. The third-order valence-electron chi connectivity index (χ3n) is 3.49. The molecule has 0 aromatic heterocycles. The van der Waals surface area contributed by atoms with Gasteiger partial charge in [0, 0.05) is 0 Å². The molecule has 0 N–H and O–H groups in total. The third-order valence-corrected chi connectivity index (χ3v) is 8.86. The molecular formula is C12H30InN3. The van der Waals surface area contributed by atoms with Gasteiger partial charge in [0.15, 0.2) is 0 Å². The molecular weight excluding hydrogens is 301 g/mol. The van der Waals surface area contributed by atoms with Crippen LogP contribution < -0.4 is 0 Å². The molecule has 0 aliphatic carbocycles. The van der Waals surface area contributed by atoms with Crippen molar-refractivity contribution in [1.29, 1.82) is 0 Å². The number of hydrogen-bond acceptors (Lipinski definition) is 3. The number of rotatable bonds is 7. The summed E-state index contributed by atoms with van der Waals surface area (Å²) in [5, 5.41) is 0. The second-order valence-corrected chi connectivity index (χ2v) is 14.0. The molecule has 3 nitrogen and oxygen atoms in total. The summed E-state index contributed by atoms with van der Waals surface area (Å²) in [6, 6.07) is 1.32. The van der Waals surface area contributed by atoms with E-state index in [0.717, 1.165) is 0 Å². The van der Waals surface area contributed by atoms with Crippen LogP contribution in [-0.2, 0) is 0 Å². The first kappa shape index (κ1) is 16.8. The molecule has 0 heterocycles. The summed E-state index contributed by atoms with van der Waals surface area (Å²) in [4.78, 5) is 4.64. The maximum absolute atomic E-state index is 2.77. The fourth-order valence-electron chi connectivity index (χ4n) is 1.50. The van der Waals surface area contributed by atoms with Crippen LogP contribution in [-0.4, -0.2) is 87.8 Å². The van der Waals surface area contributed by atoms with Gasteiger partial charge in [-0.1, -0.05) is 0 Å². The van der Waals surface area contributed by atoms with Crippen molar-refractivity contribution in [3.05, 3.63) is 0 Å². The molecule has 0 amide bonds. The van der Waals surface area contributed by atoms with E-state index < -0.39 is 21.7 Å². The summed E-state index contributed by atoms with van der Waals surface area (Å²) in [5.74, 6) is 0. The molecule has 4 heteroatoms. The quantitative estimate of drug-likeness (QED) is 0.699. The van der Waals surface area contributed by atoms with Crippen LogP contribution in [0.15, 0.2) is 0 Å². The standard InChI is InChI=1S/C10H24N3.2CH3.In/c1-9(12(3)4)7-11-8-10(2)13(5)6;;;/h9-10H,7-8H2,1-6H3;2*1H3;/q-1;;;+1. The molecule has 0 saturated carbocycles. The van der Waals surface area contributed by atoms with E-state index in [1.165, 1.54) is 13.1 Å². The van der Waals surface area contributed by atoms with Crippen LogP contribution in [0.25, 0.3) is 0 Å². The van der Waals surface area contributed by atoms with Crippen molar-refractivity contribution in [2.75, 3.05) is 41.3 Å². The number of nitrogens with zero attached hydrogens (tertiary/aromatic N) is 3. The van der Waals surface area contributed by atoms with E-state index in [1.807, 2.05) is 0 Å². The molecule has 2 atom stereocenters. The Labute approximate surface area is 111 Å². The van der Waals surface area contributed by atoms with Gasteiger partial charge in [0.25, 0.3) is 0 Å². The van der Waals surface area contributed by atoms with Gasteiger partial charge in [-0.3, -0.25) is 0 Å². The molecule has 0 saturated heterocycles. The summed E-state index contributed by atoms with van der Waals surface area (Å²) < 4.78 is 7.76. The minimum atomic E-state index is -1.37. The molecule has 0 spiro atoms. The van der Waals surface area contributed by atoms with Crippen molar-refractivity contribution in [1.82, 2.24) is 12.7 Å². The van der Waals surface area contributed by atoms with Gasteiger partial charge in [-0.25, -0.2) is 0 Å². The van der Waals surface area contributed by atoms with Gasteiger partial charge in [0.2, 0.25) is 0 Å². The molecule has 96 valence electrons. The molecule has 0 aromatic rings. The van der Waals surface area contributed by atoms with Gasteiger partial charge in [0.1, 0.15) is 0 Å². The summed E-state index contributed by atoms with van der Waals surface area (Å²) in [6.45, 7) is 7.11. The predicted octanol–water partition coefficient (Wildman–Crippen LogP) is 1.44. The van der Waals surface area contributed by atoms with E-state index in [1.54, 1.807) is 0 Å². The Balaban J connectivity index is 4.28. The van der Waals surface area contributed by atoms with Crippen LogP contribution in [0.3, 0.4) is 0 Å². The van der Waals surface area contributed by atoms with Crippen LogP contribution in [0.1, 0.15) is 13.8 Å². The van der Waals surface area contributed by atoms with Gasteiger partial charge < -0.3 is 0 Å². The second kappa shape index (κ2) is 7.96. The van der Waals surface area contributed by atoms with Gasteiger partial charge in [0.05, 0.1) is 0 Å². The molecule has 0 aromatic carbocycles. The zero-order valence-electron chi connectivity index (χ0n) is 12.5. The number of hydrogen-bond donors (Lipinski definition) is 0. The van der Waals surface area contributed by atoms with E-state index in [0.29, 0.717) is 12.1 Å². The average Bonchev–Trinajstić information content (AvgIpc) is 2.15. The molecule has 2 unspecified atom stereocenters.